The second-order valence-corrected chi connectivity index (χ2v) is 3.11. The third-order valence-corrected chi connectivity index (χ3v) is 2.25. The molecule has 1 N–H and O–H groups in total. The lowest BCUT2D eigenvalue weighted by Gasteiger charge is -2.11. The minimum atomic E-state index is 0.450. The highest BCUT2D eigenvalue weighted by molar-refractivity contribution is 7.03. The van der Waals surface area contributed by atoms with Crippen molar-refractivity contribution in [1.29, 1.82) is 0 Å². The van der Waals surface area contributed by atoms with Crippen molar-refractivity contribution in [3.8, 4) is 0 Å². The van der Waals surface area contributed by atoms with E-state index in [0.29, 0.717) is 6.04 Å². The van der Waals surface area contributed by atoms with Gasteiger partial charge in [0, 0.05) is 5.38 Å². The van der Waals surface area contributed by atoms with Crippen molar-refractivity contribution in [3.05, 3.63) is 17.1 Å². The van der Waals surface area contributed by atoms with Crippen LogP contribution in [0.4, 0.5) is 0 Å². The van der Waals surface area contributed by atoms with Crippen LogP contribution in [0.2, 0.25) is 0 Å². The fourth-order valence-electron chi connectivity index (χ4n) is 1.11. The van der Waals surface area contributed by atoms with Crippen molar-refractivity contribution in [2.24, 2.45) is 0 Å². The quantitative estimate of drug-likeness (QED) is 0.749. The lowest BCUT2D eigenvalue weighted by molar-refractivity contribution is 0.529. The SMILES string of the molecule is CCNC(CC)c1ccsn1. The Balaban J connectivity index is 2.56. The molecule has 0 saturated heterocycles. The largest absolute Gasteiger partial charge is 0.309 e. The monoisotopic (exact) mass is 170 g/mol. The fraction of sp³-hybridized carbons (Fsp3) is 0.625. The van der Waals surface area contributed by atoms with E-state index in [-0.39, 0.29) is 0 Å². The molecule has 1 unspecified atom stereocenters. The molecule has 0 amide bonds. The number of nitrogens with one attached hydrogen (secondary N) is 1. The van der Waals surface area contributed by atoms with Gasteiger partial charge in [-0.15, -0.1) is 0 Å². The molecule has 11 heavy (non-hydrogen) atoms. The van der Waals surface area contributed by atoms with Crippen LogP contribution in [0.3, 0.4) is 0 Å². The second-order valence-electron chi connectivity index (χ2n) is 2.44. The van der Waals surface area contributed by atoms with E-state index in [1.807, 2.05) is 5.38 Å². The number of hydrogen-bond acceptors (Lipinski definition) is 3. The molecule has 0 radical (unpaired) electrons. The first-order valence-corrected chi connectivity index (χ1v) is 4.85. The third kappa shape index (κ3) is 2.27. The molecule has 1 aromatic heterocycles. The van der Waals surface area contributed by atoms with E-state index in [9.17, 15) is 0 Å². The molecular weight excluding hydrogens is 156 g/mol. The van der Waals surface area contributed by atoms with E-state index in [0.717, 1.165) is 13.0 Å². The van der Waals surface area contributed by atoms with Gasteiger partial charge in [-0.2, -0.15) is 4.37 Å². The molecule has 0 spiro atoms. The van der Waals surface area contributed by atoms with Crippen LogP contribution in [0, 0.1) is 0 Å². The topological polar surface area (TPSA) is 24.9 Å². The molecule has 0 bridgehead atoms. The van der Waals surface area contributed by atoms with Crippen LogP contribution in [0.5, 0.6) is 0 Å². The summed E-state index contributed by atoms with van der Waals surface area (Å²) >= 11 is 1.52. The van der Waals surface area contributed by atoms with E-state index >= 15 is 0 Å². The van der Waals surface area contributed by atoms with Gasteiger partial charge in [0.05, 0.1) is 11.7 Å². The Bertz CT molecular complexity index is 184. The number of rotatable bonds is 4. The number of nitrogens with zero attached hydrogens (tertiary/aromatic N) is 1. The minimum absolute atomic E-state index is 0.450. The van der Waals surface area contributed by atoms with Crippen LogP contribution in [0.25, 0.3) is 0 Å². The number of hydrogen-bond donors (Lipinski definition) is 1. The van der Waals surface area contributed by atoms with Crippen LogP contribution in [-0.2, 0) is 0 Å². The van der Waals surface area contributed by atoms with Gasteiger partial charge in [0.15, 0.2) is 0 Å². The van der Waals surface area contributed by atoms with Gasteiger partial charge in [-0.25, -0.2) is 0 Å². The standard InChI is InChI=1S/C8H14N2S/c1-3-7(9-4-2)8-5-6-11-10-8/h5-7,9H,3-4H2,1-2H3. The molecule has 0 saturated carbocycles. The molecule has 0 aromatic carbocycles. The van der Waals surface area contributed by atoms with Crippen molar-refractivity contribution in [2.75, 3.05) is 6.54 Å². The first-order chi connectivity index (χ1) is 5.38. The van der Waals surface area contributed by atoms with Crippen LogP contribution in [0.1, 0.15) is 32.0 Å². The summed E-state index contributed by atoms with van der Waals surface area (Å²) in [6.45, 7) is 5.30. The van der Waals surface area contributed by atoms with Crippen LogP contribution in [-0.4, -0.2) is 10.9 Å². The van der Waals surface area contributed by atoms with E-state index < -0.39 is 0 Å². The van der Waals surface area contributed by atoms with Crippen molar-refractivity contribution in [2.45, 2.75) is 26.3 Å². The molecule has 0 aliphatic carbocycles. The lowest BCUT2D eigenvalue weighted by atomic mass is 10.1. The molecule has 1 atom stereocenters. The average molecular weight is 170 g/mol. The summed E-state index contributed by atoms with van der Waals surface area (Å²) in [7, 11) is 0. The van der Waals surface area contributed by atoms with Crippen LogP contribution in [0.15, 0.2) is 11.4 Å². The molecule has 1 heterocycles. The second kappa shape index (κ2) is 4.46. The van der Waals surface area contributed by atoms with Gasteiger partial charge in [-0.1, -0.05) is 13.8 Å². The van der Waals surface area contributed by atoms with Crippen molar-refractivity contribution >= 4 is 11.5 Å². The molecule has 1 rings (SSSR count). The van der Waals surface area contributed by atoms with E-state index in [2.05, 4.69) is 29.6 Å². The molecule has 3 heteroatoms. The zero-order valence-electron chi connectivity index (χ0n) is 7.00. The maximum atomic E-state index is 4.29. The maximum Gasteiger partial charge on any atom is 0.0711 e. The Morgan fingerprint density at radius 2 is 2.45 bits per heavy atom. The highest BCUT2D eigenvalue weighted by Crippen LogP contribution is 2.14. The molecule has 0 aliphatic rings. The number of aromatic nitrogens is 1. The van der Waals surface area contributed by atoms with E-state index in [4.69, 9.17) is 0 Å². The third-order valence-electron chi connectivity index (χ3n) is 1.67. The summed E-state index contributed by atoms with van der Waals surface area (Å²) in [6.07, 6.45) is 1.11. The van der Waals surface area contributed by atoms with Gasteiger partial charge in [-0.3, -0.25) is 0 Å². The van der Waals surface area contributed by atoms with Gasteiger partial charge in [0.2, 0.25) is 0 Å². The van der Waals surface area contributed by atoms with Crippen LogP contribution < -0.4 is 5.32 Å². The van der Waals surface area contributed by atoms with Gasteiger partial charge >= 0.3 is 0 Å². The summed E-state index contributed by atoms with van der Waals surface area (Å²) < 4.78 is 4.29. The smallest absolute Gasteiger partial charge is 0.0711 e. The zero-order chi connectivity index (χ0) is 8.10. The Kier molecular flexibility index (Phi) is 3.52. The molecule has 0 fully saturated rings. The summed E-state index contributed by atoms with van der Waals surface area (Å²) in [5, 5.41) is 5.40. The van der Waals surface area contributed by atoms with E-state index in [1.54, 1.807) is 0 Å². The lowest BCUT2D eigenvalue weighted by Crippen LogP contribution is -2.20. The Morgan fingerprint density at radius 3 is 2.91 bits per heavy atom. The van der Waals surface area contributed by atoms with Crippen LogP contribution >= 0.6 is 11.5 Å². The highest BCUT2D eigenvalue weighted by atomic mass is 32.1. The van der Waals surface area contributed by atoms with Crippen molar-refractivity contribution in [3.63, 3.8) is 0 Å². The molecule has 0 aliphatic heterocycles. The Hall–Kier alpha value is -0.410. The molecular formula is C8H14N2S. The molecule has 2 nitrogen and oxygen atoms in total. The van der Waals surface area contributed by atoms with Crippen molar-refractivity contribution in [1.82, 2.24) is 9.69 Å². The van der Waals surface area contributed by atoms with Gasteiger partial charge < -0.3 is 5.32 Å². The minimum Gasteiger partial charge on any atom is -0.309 e. The molecule has 1 aromatic rings. The van der Waals surface area contributed by atoms with Gasteiger partial charge in [0.1, 0.15) is 0 Å². The Labute approximate surface area is 71.8 Å². The predicted molar refractivity (Wildman–Crippen MR) is 48.8 cm³/mol. The normalized spacial score (nSPS) is 13.3. The zero-order valence-corrected chi connectivity index (χ0v) is 7.82. The van der Waals surface area contributed by atoms with E-state index in [1.165, 1.54) is 17.2 Å². The van der Waals surface area contributed by atoms with Gasteiger partial charge in [-0.05, 0) is 30.6 Å². The summed E-state index contributed by atoms with van der Waals surface area (Å²) in [4.78, 5) is 0. The van der Waals surface area contributed by atoms with Crippen molar-refractivity contribution < 1.29 is 0 Å². The maximum absolute atomic E-state index is 4.29. The first-order valence-electron chi connectivity index (χ1n) is 4.02. The van der Waals surface area contributed by atoms with Gasteiger partial charge in [0.25, 0.3) is 0 Å². The molecule has 62 valence electrons. The summed E-state index contributed by atoms with van der Waals surface area (Å²) in [5.74, 6) is 0. The average Bonchev–Trinajstić information content (AvgIpc) is 2.52. The predicted octanol–water partition coefficient (Wildman–Crippen LogP) is 2.20. The Morgan fingerprint density at radius 1 is 1.64 bits per heavy atom. The summed E-state index contributed by atoms with van der Waals surface area (Å²) in [6, 6.07) is 2.54. The fourth-order valence-corrected chi connectivity index (χ4v) is 1.68. The highest BCUT2D eigenvalue weighted by Gasteiger charge is 2.08. The summed E-state index contributed by atoms with van der Waals surface area (Å²) in [5.41, 5.74) is 1.18. The first kappa shape index (κ1) is 8.68.